The van der Waals surface area contributed by atoms with Crippen molar-refractivity contribution in [1.29, 1.82) is 0 Å². The van der Waals surface area contributed by atoms with Crippen LogP contribution in [0.1, 0.15) is 18.1 Å². The van der Waals surface area contributed by atoms with E-state index in [0.717, 1.165) is 11.4 Å². The molecular formula is C20H20N2. The molecule has 2 nitrogen and oxygen atoms in total. The maximum atomic E-state index is 4.81. The predicted octanol–water partition coefficient (Wildman–Crippen LogP) is 4.85. The Kier molecular flexibility index (Phi) is 3.92. The lowest BCUT2D eigenvalue weighted by molar-refractivity contribution is 1.13. The summed E-state index contributed by atoms with van der Waals surface area (Å²) in [6.07, 6.45) is 6.37. The minimum atomic E-state index is 0.976. The van der Waals surface area contributed by atoms with Crippen molar-refractivity contribution in [2.75, 3.05) is 19.0 Å². The summed E-state index contributed by atoms with van der Waals surface area (Å²) >= 11 is 0. The molecule has 0 unspecified atom stereocenters. The smallest absolute Gasteiger partial charge is 0.0715 e. The Labute approximate surface area is 132 Å². The van der Waals surface area contributed by atoms with Gasteiger partial charge in [-0.1, -0.05) is 36.4 Å². The van der Waals surface area contributed by atoms with E-state index in [4.69, 9.17) is 4.99 Å². The van der Waals surface area contributed by atoms with E-state index in [9.17, 15) is 0 Å². The van der Waals surface area contributed by atoms with Gasteiger partial charge in [-0.15, -0.1) is 0 Å². The number of anilines is 1. The Balaban J connectivity index is 2.01. The number of benzene rings is 2. The number of hydrogen-bond acceptors (Lipinski definition) is 2. The average Bonchev–Trinajstić information content (AvgIpc) is 2.55. The van der Waals surface area contributed by atoms with E-state index in [2.05, 4.69) is 78.6 Å². The number of aliphatic imine (C=N–C) groups is 1. The molecule has 1 aliphatic carbocycles. The summed E-state index contributed by atoms with van der Waals surface area (Å²) in [7, 11) is 4.08. The van der Waals surface area contributed by atoms with E-state index >= 15 is 0 Å². The van der Waals surface area contributed by atoms with Crippen molar-refractivity contribution in [3.8, 4) is 0 Å². The molecular weight excluding hydrogens is 268 g/mol. The largest absolute Gasteiger partial charge is 0.378 e. The fourth-order valence-corrected chi connectivity index (χ4v) is 2.62. The first kappa shape index (κ1) is 14.3. The Bertz CT molecular complexity index is 763. The quantitative estimate of drug-likeness (QED) is 0.771. The average molecular weight is 288 g/mol. The monoisotopic (exact) mass is 288 g/mol. The highest BCUT2D eigenvalue weighted by Gasteiger charge is 2.13. The number of fused-ring (bicyclic) bond motifs is 1. The summed E-state index contributed by atoms with van der Waals surface area (Å²) in [6.45, 7) is 2.07. The van der Waals surface area contributed by atoms with Crippen LogP contribution in [0.5, 0.6) is 0 Å². The minimum absolute atomic E-state index is 0.976. The SMILES string of the molecule is CC=C1C=CC(=Nc2ccc(N(C)C)cc2)c2ccccc21. The third-order valence-electron chi connectivity index (χ3n) is 3.86. The molecule has 22 heavy (non-hydrogen) atoms. The van der Waals surface area contributed by atoms with Gasteiger partial charge in [-0.3, -0.25) is 0 Å². The van der Waals surface area contributed by atoms with Gasteiger partial charge in [0.15, 0.2) is 0 Å². The first-order chi connectivity index (χ1) is 10.7. The van der Waals surface area contributed by atoms with Gasteiger partial charge in [0.1, 0.15) is 0 Å². The molecule has 0 saturated carbocycles. The molecule has 1 aliphatic rings. The van der Waals surface area contributed by atoms with Gasteiger partial charge in [-0.2, -0.15) is 0 Å². The molecule has 2 aromatic carbocycles. The summed E-state index contributed by atoms with van der Waals surface area (Å²) in [5.41, 5.74) is 6.85. The summed E-state index contributed by atoms with van der Waals surface area (Å²) in [5.74, 6) is 0. The van der Waals surface area contributed by atoms with Crippen LogP contribution in [0, 0.1) is 0 Å². The summed E-state index contributed by atoms with van der Waals surface area (Å²) < 4.78 is 0. The summed E-state index contributed by atoms with van der Waals surface area (Å²) in [5, 5.41) is 0. The molecule has 0 saturated heterocycles. The van der Waals surface area contributed by atoms with Crippen molar-refractivity contribution in [1.82, 2.24) is 0 Å². The van der Waals surface area contributed by atoms with Crippen LogP contribution >= 0.6 is 0 Å². The second kappa shape index (κ2) is 6.02. The Morgan fingerprint density at radius 2 is 1.55 bits per heavy atom. The van der Waals surface area contributed by atoms with Crippen molar-refractivity contribution in [2.45, 2.75) is 6.92 Å². The first-order valence-electron chi connectivity index (χ1n) is 7.49. The van der Waals surface area contributed by atoms with Crippen LogP contribution in [-0.2, 0) is 0 Å². The lowest BCUT2D eigenvalue weighted by Gasteiger charge is -2.16. The Morgan fingerprint density at radius 3 is 2.18 bits per heavy atom. The standard InChI is InChI=1S/C20H20N2/c1-4-15-9-14-20(19-8-6-5-7-18(15)19)21-16-10-12-17(13-11-16)22(2)3/h4-14H,1-3H3. The highest BCUT2D eigenvalue weighted by Crippen LogP contribution is 2.28. The molecule has 0 amide bonds. The number of rotatable bonds is 2. The molecule has 0 aromatic heterocycles. The van der Waals surface area contributed by atoms with Crippen molar-refractivity contribution >= 4 is 22.7 Å². The fraction of sp³-hybridized carbons (Fsp3) is 0.150. The van der Waals surface area contributed by atoms with E-state index in [-0.39, 0.29) is 0 Å². The van der Waals surface area contributed by atoms with Crippen LogP contribution in [0.2, 0.25) is 0 Å². The second-order valence-electron chi connectivity index (χ2n) is 5.53. The highest BCUT2D eigenvalue weighted by molar-refractivity contribution is 6.16. The second-order valence-corrected chi connectivity index (χ2v) is 5.53. The van der Waals surface area contributed by atoms with E-state index in [1.54, 1.807) is 0 Å². The lowest BCUT2D eigenvalue weighted by atomic mass is 9.91. The van der Waals surface area contributed by atoms with E-state index in [1.807, 2.05) is 14.1 Å². The van der Waals surface area contributed by atoms with E-state index in [0.29, 0.717) is 0 Å². The van der Waals surface area contributed by atoms with Crippen LogP contribution in [0.3, 0.4) is 0 Å². The molecule has 0 aliphatic heterocycles. The van der Waals surface area contributed by atoms with Crippen molar-refractivity contribution in [3.63, 3.8) is 0 Å². The zero-order valence-corrected chi connectivity index (χ0v) is 13.2. The van der Waals surface area contributed by atoms with Gasteiger partial charge < -0.3 is 4.90 Å². The van der Waals surface area contributed by atoms with Gasteiger partial charge in [-0.05, 0) is 48.4 Å². The van der Waals surface area contributed by atoms with Crippen LogP contribution in [-0.4, -0.2) is 19.8 Å². The van der Waals surface area contributed by atoms with Gasteiger partial charge in [0, 0.05) is 25.3 Å². The molecule has 2 heteroatoms. The maximum absolute atomic E-state index is 4.81. The number of allylic oxidation sites excluding steroid dienone is 4. The fourth-order valence-electron chi connectivity index (χ4n) is 2.62. The van der Waals surface area contributed by atoms with Crippen LogP contribution in [0.15, 0.2) is 71.8 Å². The molecule has 0 radical (unpaired) electrons. The summed E-state index contributed by atoms with van der Waals surface area (Å²) in [6, 6.07) is 16.7. The third-order valence-corrected chi connectivity index (χ3v) is 3.86. The van der Waals surface area contributed by atoms with E-state index < -0.39 is 0 Å². The Morgan fingerprint density at radius 1 is 0.864 bits per heavy atom. The van der Waals surface area contributed by atoms with Gasteiger partial charge >= 0.3 is 0 Å². The molecule has 0 atom stereocenters. The zero-order valence-electron chi connectivity index (χ0n) is 13.2. The molecule has 0 spiro atoms. The van der Waals surface area contributed by atoms with Crippen LogP contribution in [0.25, 0.3) is 5.57 Å². The van der Waals surface area contributed by atoms with Crippen LogP contribution < -0.4 is 4.90 Å². The maximum Gasteiger partial charge on any atom is 0.0715 e. The van der Waals surface area contributed by atoms with Crippen molar-refractivity contribution in [2.24, 2.45) is 4.99 Å². The third kappa shape index (κ3) is 2.73. The molecule has 110 valence electrons. The summed E-state index contributed by atoms with van der Waals surface area (Å²) in [4.78, 5) is 6.90. The van der Waals surface area contributed by atoms with Gasteiger partial charge in [0.05, 0.1) is 11.4 Å². The molecule has 0 fully saturated rings. The normalized spacial score (nSPS) is 16.9. The number of hydrogen-bond donors (Lipinski definition) is 0. The Hall–Kier alpha value is -2.61. The zero-order chi connectivity index (χ0) is 15.5. The lowest BCUT2D eigenvalue weighted by Crippen LogP contribution is -2.08. The first-order valence-corrected chi connectivity index (χ1v) is 7.49. The minimum Gasteiger partial charge on any atom is -0.378 e. The van der Waals surface area contributed by atoms with Gasteiger partial charge in [0.25, 0.3) is 0 Å². The highest BCUT2D eigenvalue weighted by atomic mass is 15.1. The molecule has 3 rings (SSSR count). The van der Waals surface area contributed by atoms with Gasteiger partial charge in [-0.25, -0.2) is 4.99 Å². The van der Waals surface area contributed by atoms with Crippen LogP contribution in [0.4, 0.5) is 11.4 Å². The molecule has 0 N–H and O–H groups in total. The number of nitrogens with zero attached hydrogens (tertiary/aromatic N) is 2. The van der Waals surface area contributed by atoms with Crippen molar-refractivity contribution in [3.05, 3.63) is 77.9 Å². The van der Waals surface area contributed by atoms with Crippen molar-refractivity contribution < 1.29 is 0 Å². The predicted molar refractivity (Wildman–Crippen MR) is 96.2 cm³/mol. The molecule has 0 bridgehead atoms. The van der Waals surface area contributed by atoms with E-state index in [1.165, 1.54) is 22.4 Å². The topological polar surface area (TPSA) is 15.6 Å². The molecule has 2 aromatic rings. The molecule has 0 heterocycles. The van der Waals surface area contributed by atoms with Gasteiger partial charge in [0.2, 0.25) is 0 Å².